The molecule has 0 N–H and O–H groups in total. The van der Waals surface area contributed by atoms with Gasteiger partial charge in [0, 0.05) is 23.6 Å². The highest BCUT2D eigenvalue weighted by molar-refractivity contribution is 7.14. The van der Waals surface area contributed by atoms with Crippen LogP contribution >= 0.6 is 11.3 Å². The van der Waals surface area contributed by atoms with Crippen molar-refractivity contribution in [2.45, 2.75) is 65.7 Å². The first-order valence-corrected chi connectivity index (χ1v) is 10.8. The Morgan fingerprint density at radius 3 is 2.46 bits per heavy atom. The minimum atomic E-state index is -0.288. The van der Waals surface area contributed by atoms with E-state index in [1.807, 2.05) is 6.07 Å². The maximum Gasteiger partial charge on any atom is 0.308 e. The Hall–Kier alpha value is -2.01. The van der Waals surface area contributed by atoms with Gasteiger partial charge in [-0.2, -0.15) is 0 Å². The summed E-state index contributed by atoms with van der Waals surface area (Å²) in [5, 5.41) is 0.734. The summed E-state index contributed by atoms with van der Waals surface area (Å²) in [4.78, 5) is 23.8. The predicted molar refractivity (Wildman–Crippen MR) is 112 cm³/mol. The van der Waals surface area contributed by atoms with Crippen LogP contribution in [0.15, 0.2) is 30.3 Å². The average molecular weight is 405 g/mol. The molecule has 0 saturated heterocycles. The fourth-order valence-corrected chi connectivity index (χ4v) is 4.31. The van der Waals surface area contributed by atoms with Crippen molar-refractivity contribution in [3.05, 3.63) is 52.2 Å². The number of benzene rings is 1. The van der Waals surface area contributed by atoms with E-state index in [0.29, 0.717) is 5.56 Å². The fourth-order valence-electron chi connectivity index (χ4n) is 3.07. The van der Waals surface area contributed by atoms with Crippen molar-refractivity contribution in [3.8, 4) is 5.06 Å². The lowest BCUT2D eigenvalue weighted by Crippen LogP contribution is -2.12. The number of Topliss-reactive ketones (excluding diaryl/α,β-unsaturated/α-hetero) is 1. The first-order valence-electron chi connectivity index (χ1n) is 9.95. The Kier molecular flexibility index (Phi) is 8.36. The van der Waals surface area contributed by atoms with Crippen LogP contribution in [0, 0.1) is 11.7 Å². The number of thiophene rings is 1. The SMILES string of the molecule is CC(C(=O)C1CC1)c1ccccc1F.CCCc1sc(OC(C)=O)cc1CC. The normalized spacial score (nSPS) is 14.0. The van der Waals surface area contributed by atoms with E-state index in [0.717, 1.165) is 37.2 Å². The van der Waals surface area contributed by atoms with Gasteiger partial charge in [0.25, 0.3) is 0 Å². The summed E-state index contributed by atoms with van der Waals surface area (Å²) in [5.41, 5.74) is 1.84. The molecule has 1 aliphatic carbocycles. The molecule has 3 nitrogen and oxygen atoms in total. The molecule has 0 spiro atoms. The fraction of sp³-hybridized carbons (Fsp3) is 0.478. The maximum atomic E-state index is 13.3. The van der Waals surface area contributed by atoms with Crippen molar-refractivity contribution in [2.24, 2.45) is 5.92 Å². The van der Waals surface area contributed by atoms with Gasteiger partial charge in [0.15, 0.2) is 5.06 Å². The molecule has 0 amide bonds. The number of ether oxygens (including phenoxy) is 1. The van der Waals surface area contributed by atoms with E-state index in [2.05, 4.69) is 13.8 Å². The standard InChI is InChI=1S/C12H13FO.C11H16O2S/c1-8(12(14)9-6-7-9)10-4-2-3-5-11(10)13;1-4-6-10-9(5-2)7-11(14-10)13-8(3)12/h2-5,8-9H,6-7H2,1H3;7H,4-6H2,1-3H3. The topological polar surface area (TPSA) is 43.4 Å². The van der Waals surface area contributed by atoms with Crippen LogP contribution in [0.3, 0.4) is 0 Å². The summed E-state index contributed by atoms with van der Waals surface area (Å²) < 4.78 is 18.4. The van der Waals surface area contributed by atoms with E-state index in [1.54, 1.807) is 36.5 Å². The monoisotopic (exact) mass is 404 g/mol. The maximum absolute atomic E-state index is 13.3. The molecule has 5 heteroatoms. The third kappa shape index (κ3) is 6.26. The number of hydrogen-bond acceptors (Lipinski definition) is 4. The quantitative estimate of drug-likeness (QED) is 0.524. The number of rotatable bonds is 7. The molecule has 1 aliphatic rings. The first kappa shape index (κ1) is 22.3. The van der Waals surface area contributed by atoms with Crippen LogP contribution in [-0.2, 0) is 22.4 Å². The summed E-state index contributed by atoms with van der Waals surface area (Å²) in [6, 6.07) is 8.51. The number of hydrogen-bond donors (Lipinski definition) is 0. The van der Waals surface area contributed by atoms with Gasteiger partial charge in [0.2, 0.25) is 0 Å². The van der Waals surface area contributed by atoms with Crippen molar-refractivity contribution >= 4 is 23.1 Å². The summed E-state index contributed by atoms with van der Waals surface area (Å²) in [6.45, 7) is 7.51. The number of carbonyl (C=O) groups excluding carboxylic acids is 2. The van der Waals surface area contributed by atoms with Gasteiger partial charge in [-0.15, -0.1) is 11.3 Å². The second-order valence-electron chi connectivity index (χ2n) is 7.13. The van der Waals surface area contributed by atoms with Crippen molar-refractivity contribution in [1.82, 2.24) is 0 Å². The molecule has 2 aromatic rings. The molecule has 3 rings (SSSR count). The van der Waals surface area contributed by atoms with E-state index in [-0.39, 0.29) is 29.4 Å². The molecule has 1 fully saturated rings. The first-order chi connectivity index (χ1) is 13.4. The van der Waals surface area contributed by atoms with Crippen molar-refractivity contribution in [3.63, 3.8) is 0 Å². The minimum absolute atomic E-state index is 0.190. The predicted octanol–water partition coefficient (Wildman–Crippen LogP) is 6.10. The van der Waals surface area contributed by atoms with Gasteiger partial charge >= 0.3 is 5.97 Å². The lowest BCUT2D eigenvalue weighted by Gasteiger charge is -2.10. The van der Waals surface area contributed by atoms with E-state index in [4.69, 9.17) is 4.74 Å². The molecule has 1 saturated carbocycles. The Morgan fingerprint density at radius 2 is 1.93 bits per heavy atom. The molecular formula is C23H29FO3S. The molecule has 1 aromatic heterocycles. The molecular weight excluding hydrogens is 375 g/mol. The van der Waals surface area contributed by atoms with Crippen LogP contribution in [0.1, 0.15) is 68.9 Å². The molecule has 0 aliphatic heterocycles. The zero-order chi connectivity index (χ0) is 20.7. The molecule has 0 bridgehead atoms. The van der Waals surface area contributed by atoms with Crippen LogP contribution in [-0.4, -0.2) is 11.8 Å². The second kappa shape index (κ2) is 10.5. The summed E-state index contributed by atoms with van der Waals surface area (Å²) in [6.07, 6.45) is 5.18. The Morgan fingerprint density at radius 1 is 1.25 bits per heavy atom. The highest BCUT2D eigenvalue weighted by Crippen LogP contribution is 2.35. The molecule has 0 radical (unpaired) electrons. The second-order valence-corrected chi connectivity index (χ2v) is 8.23. The molecule has 1 unspecified atom stereocenters. The summed E-state index contributed by atoms with van der Waals surface area (Å²) in [7, 11) is 0. The third-order valence-corrected chi connectivity index (χ3v) is 5.87. The number of ketones is 1. The van der Waals surface area contributed by atoms with Crippen LogP contribution in [0.2, 0.25) is 0 Å². The van der Waals surface area contributed by atoms with Gasteiger partial charge in [-0.25, -0.2) is 4.39 Å². The molecule has 1 heterocycles. The van der Waals surface area contributed by atoms with Gasteiger partial charge < -0.3 is 4.74 Å². The molecule has 1 atom stereocenters. The van der Waals surface area contributed by atoms with Crippen LogP contribution in [0.25, 0.3) is 0 Å². The lowest BCUT2D eigenvalue weighted by molar-refractivity contribution is -0.131. The number of halogens is 1. The van der Waals surface area contributed by atoms with Crippen LogP contribution < -0.4 is 4.74 Å². The van der Waals surface area contributed by atoms with Gasteiger partial charge in [-0.3, -0.25) is 9.59 Å². The Balaban J connectivity index is 0.000000200. The molecule has 28 heavy (non-hydrogen) atoms. The van der Waals surface area contributed by atoms with Crippen molar-refractivity contribution in [1.29, 1.82) is 0 Å². The highest BCUT2D eigenvalue weighted by Gasteiger charge is 2.33. The summed E-state index contributed by atoms with van der Waals surface area (Å²) in [5.74, 6) is -0.408. The highest BCUT2D eigenvalue weighted by atomic mass is 32.1. The zero-order valence-corrected chi connectivity index (χ0v) is 17.9. The molecule has 1 aromatic carbocycles. The zero-order valence-electron chi connectivity index (χ0n) is 17.1. The summed E-state index contributed by atoms with van der Waals surface area (Å²) >= 11 is 1.59. The van der Waals surface area contributed by atoms with E-state index >= 15 is 0 Å². The van der Waals surface area contributed by atoms with E-state index in [9.17, 15) is 14.0 Å². The van der Waals surface area contributed by atoms with E-state index in [1.165, 1.54) is 23.4 Å². The van der Waals surface area contributed by atoms with Crippen LogP contribution in [0.5, 0.6) is 5.06 Å². The smallest absolute Gasteiger partial charge is 0.308 e. The third-order valence-electron chi connectivity index (χ3n) is 4.75. The molecule has 152 valence electrons. The number of carbonyl (C=O) groups is 2. The van der Waals surface area contributed by atoms with Gasteiger partial charge in [0.1, 0.15) is 11.6 Å². The van der Waals surface area contributed by atoms with Gasteiger partial charge in [0.05, 0.1) is 0 Å². The van der Waals surface area contributed by atoms with Crippen molar-refractivity contribution in [2.75, 3.05) is 0 Å². The Labute approximate surface area is 170 Å². The average Bonchev–Trinajstić information content (AvgIpc) is 3.44. The minimum Gasteiger partial charge on any atom is -0.416 e. The largest absolute Gasteiger partial charge is 0.416 e. The number of aryl methyl sites for hydroxylation is 2. The van der Waals surface area contributed by atoms with Crippen LogP contribution in [0.4, 0.5) is 4.39 Å². The Bertz CT molecular complexity index is 808. The van der Waals surface area contributed by atoms with E-state index < -0.39 is 0 Å². The number of esters is 1. The lowest BCUT2D eigenvalue weighted by atomic mass is 9.94. The van der Waals surface area contributed by atoms with Crippen molar-refractivity contribution < 1.29 is 18.7 Å². The van der Waals surface area contributed by atoms with Gasteiger partial charge in [-0.1, -0.05) is 45.4 Å². The van der Waals surface area contributed by atoms with Gasteiger partial charge in [-0.05, 0) is 48.9 Å².